The number of pyridine rings is 1. The normalized spacial score (nSPS) is 20.6. The number of fused-ring (bicyclic) bond motifs is 1. The Hall–Kier alpha value is -2.64. The second-order valence-corrected chi connectivity index (χ2v) is 8.37. The van der Waals surface area contributed by atoms with E-state index in [2.05, 4.69) is 22.3 Å². The molecular weight excluding hydrogens is 393 g/mol. The smallest absolute Gasteiger partial charge is 0.349 e. The van der Waals surface area contributed by atoms with Crippen LogP contribution in [0, 0.1) is 5.92 Å². The molecule has 3 unspecified atom stereocenters. The lowest BCUT2D eigenvalue weighted by atomic mass is 9.87. The lowest BCUT2D eigenvalue weighted by Gasteiger charge is -2.28. The Balaban J connectivity index is 1.82. The summed E-state index contributed by atoms with van der Waals surface area (Å²) in [5.41, 5.74) is -1.24. The third kappa shape index (κ3) is 4.00. The maximum absolute atomic E-state index is 13.3. The number of amides is 1. The molecule has 0 fully saturated rings. The zero-order chi connectivity index (χ0) is 22.3. The van der Waals surface area contributed by atoms with Gasteiger partial charge in [0.1, 0.15) is 5.41 Å². The minimum atomic E-state index is -4.41. The number of alkyl halides is 3. The Kier molecular flexibility index (Phi) is 5.80. The van der Waals surface area contributed by atoms with E-state index in [1.165, 1.54) is 6.07 Å². The van der Waals surface area contributed by atoms with Gasteiger partial charge in [0, 0.05) is 36.2 Å². The summed E-state index contributed by atoms with van der Waals surface area (Å²) in [5.74, 6) is -0.114. The number of aromatic nitrogens is 1. The number of benzene rings is 1. The Morgan fingerprint density at radius 2 is 1.93 bits per heavy atom. The van der Waals surface area contributed by atoms with Gasteiger partial charge in [-0.1, -0.05) is 13.0 Å². The first-order chi connectivity index (χ1) is 14.0. The summed E-state index contributed by atoms with van der Waals surface area (Å²) in [6.45, 7) is 6.30. The minimum Gasteiger partial charge on any atom is -0.349 e. The van der Waals surface area contributed by atoms with Crippen molar-refractivity contribution in [3.8, 4) is 0 Å². The maximum atomic E-state index is 13.3. The molecule has 2 heterocycles. The summed E-state index contributed by atoms with van der Waals surface area (Å²) in [6, 6.07) is 7.93. The first-order valence-corrected chi connectivity index (χ1v) is 10.0. The van der Waals surface area contributed by atoms with Crippen molar-refractivity contribution >= 4 is 23.0 Å². The minimum absolute atomic E-state index is 0.0515. The summed E-state index contributed by atoms with van der Waals surface area (Å²) in [6.07, 6.45) is -1.78. The standard InChI is InChI=1S/C22H27F3N4O/c1-6-17(16-12-26-29(5)13(16)2)28-20(30)15-7-9-18-14(11-15)8-10-19(27-18)21(3,4)22(23,24)25/h7-13,16-17H,6H2,1-5H3,(H,28,30). The van der Waals surface area contributed by atoms with Crippen LogP contribution in [-0.2, 0) is 5.41 Å². The molecule has 1 aliphatic rings. The fourth-order valence-electron chi connectivity index (χ4n) is 3.58. The van der Waals surface area contributed by atoms with Gasteiger partial charge in [-0.15, -0.1) is 0 Å². The predicted molar refractivity (Wildman–Crippen MR) is 112 cm³/mol. The van der Waals surface area contributed by atoms with Crippen LogP contribution in [0.2, 0.25) is 0 Å². The highest BCUT2D eigenvalue weighted by Crippen LogP contribution is 2.40. The van der Waals surface area contributed by atoms with E-state index in [9.17, 15) is 18.0 Å². The van der Waals surface area contributed by atoms with Crippen molar-refractivity contribution in [1.82, 2.24) is 15.3 Å². The van der Waals surface area contributed by atoms with Crippen molar-refractivity contribution in [1.29, 1.82) is 0 Å². The Bertz CT molecular complexity index is 970. The van der Waals surface area contributed by atoms with Crippen molar-refractivity contribution in [2.75, 3.05) is 7.05 Å². The highest BCUT2D eigenvalue weighted by molar-refractivity contribution is 5.98. The molecule has 1 aromatic carbocycles. The average Bonchev–Trinajstić information content (AvgIpc) is 3.02. The molecule has 0 radical (unpaired) electrons. The van der Waals surface area contributed by atoms with Gasteiger partial charge in [0.05, 0.1) is 17.3 Å². The molecule has 0 saturated heterocycles. The van der Waals surface area contributed by atoms with Crippen LogP contribution in [-0.4, -0.2) is 47.4 Å². The van der Waals surface area contributed by atoms with Gasteiger partial charge in [0.15, 0.2) is 0 Å². The molecule has 1 aliphatic heterocycles. The molecule has 0 saturated carbocycles. The lowest BCUT2D eigenvalue weighted by molar-refractivity contribution is -0.181. The molecule has 0 bridgehead atoms. The molecule has 1 N–H and O–H groups in total. The fourth-order valence-corrected chi connectivity index (χ4v) is 3.58. The van der Waals surface area contributed by atoms with Gasteiger partial charge in [0.2, 0.25) is 0 Å². The highest BCUT2D eigenvalue weighted by Gasteiger charge is 2.49. The molecule has 1 amide bonds. The van der Waals surface area contributed by atoms with Gasteiger partial charge in [0.25, 0.3) is 5.91 Å². The summed E-state index contributed by atoms with van der Waals surface area (Å²) in [4.78, 5) is 17.0. The van der Waals surface area contributed by atoms with E-state index in [4.69, 9.17) is 0 Å². The van der Waals surface area contributed by atoms with E-state index in [1.807, 2.05) is 25.2 Å². The summed E-state index contributed by atoms with van der Waals surface area (Å²) < 4.78 is 40.0. The van der Waals surface area contributed by atoms with Gasteiger partial charge in [-0.3, -0.25) is 14.8 Å². The Morgan fingerprint density at radius 3 is 2.50 bits per heavy atom. The van der Waals surface area contributed by atoms with Crippen LogP contribution in [0.1, 0.15) is 50.2 Å². The van der Waals surface area contributed by atoms with Crippen LogP contribution < -0.4 is 5.32 Å². The van der Waals surface area contributed by atoms with Gasteiger partial charge in [-0.05, 0) is 51.5 Å². The van der Waals surface area contributed by atoms with Gasteiger partial charge in [-0.2, -0.15) is 18.3 Å². The SMILES string of the molecule is CCC(NC(=O)c1ccc2nc(C(C)(C)C(F)(F)F)ccc2c1)C1C=NN(C)C1C. The largest absolute Gasteiger partial charge is 0.399 e. The second-order valence-electron chi connectivity index (χ2n) is 8.37. The zero-order valence-electron chi connectivity index (χ0n) is 17.8. The Morgan fingerprint density at radius 1 is 1.23 bits per heavy atom. The molecule has 3 rings (SSSR count). The van der Waals surface area contributed by atoms with E-state index < -0.39 is 11.6 Å². The number of hydrogen-bond donors (Lipinski definition) is 1. The summed E-state index contributed by atoms with van der Waals surface area (Å²) in [7, 11) is 1.90. The molecule has 5 nitrogen and oxygen atoms in total. The quantitative estimate of drug-likeness (QED) is 0.774. The van der Waals surface area contributed by atoms with Crippen LogP contribution in [0.15, 0.2) is 35.4 Å². The molecule has 162 valence electrons. The van der Waals surface area contributed by atoms with Crippen LogP contribution in [0.25, 0.3) is 10.9 Å². The number of rotatable bonds is 5. The molecule has 1 aromatic heterocycles. The van der Waals surface area contributed by atoms with Crippen LogP contribution >= 0.6 is 0 Å². The van der Waals surface area contributed by atoms with Crippen molar-refractivity contribution in [3.05, 3.63) is 41.6 Å². The molecular formula is C22H27F3N4O. The van der Waals surface area contributed by atoms with E-state index >= 15 is 0 Å². The van der Waals surface area contributed by atoms with Crippen molar-refractivity contribution in [2.24, 2.45) is 11.0 Å². The summed E-state index contributed by atoms with van der Waals surface area (Å²) in [5, 5.41) is 9.87. The number of hydrazone groups is 1. The molecule has 3 atom stereocenters. The third-order valence-corrected chi connectivity index (χ3v) is 6.09. The number of carbonyl (C=O) groups is 1. The lowest BCUT2D eigenvalue weighted by Crippen LogP contribution is -2.45. The number of nitrogens with one attached hydrogen (secondary N) is 1. The number of nitrogens with zero attached hydrogens (tertiary/aromatic N) is 3. The van der Waals surface area contributed by atoms with Crippen molar-refractivity contribution in [2.45, 2.75) is 57.8 Å². The zero-order valence-corrected chi connectivity index (χ0v) is 17.8. The van der Waals surface area contributed by atoms with Crippen molar-refractivity contribution in [3.63, 3.8) is 0 Å². The second kappa shape index (κ2) is 7.89. The van der Waals surface area contributed by atoms with E-state index in [0.717, 1.165) is 20.3 Å². The fraction of sp³-hybridized carbons (Fsp3) is 0.500. The van der Waals surface area contributed by atoms with E-state index in [-0.39, 0.29) is 29.6 Å². The first kappa shape index (κ1) is 22.1. The topological polar surface area (TPSA) is 57.6 Å². The van der Waals surface area contributed by atoms with Gasteiger partial charge >= 0.3 is 6.18 Å². The molecule has 30 heavy (non-hydrogen) atoms. The molecule has 2 aromatic rings. The highest BCUT2D eigenvalue weighted by atomic mass is 19.4. The maximum Gasteiger partial charge on any atom is 0.399 e. The first-order valence-electron chi connectivity index (χ1n) is 10.0. The number of hydrogen-bond acceptors (Lipinski definition) is 4. The van der Waals surface area contributed by atoms with Crippen molar-refractivity contribution < 1.29 is 18.0 Å². The van der Waals surface area contributed by atoms with E-state index in [0.29, 0.717) is 16.5 Å². The van der Waals surface area contributed by atoms with Crippen LogP contribution in [0.5, 0.6) is 0 Å². The van der Waals surface area contributed by atoms with Gasteiger partial charge < -0.3 is 5.32 Å². The molecule has 0 aliphatic carbocycles. The predicted octanol–water partition coefficient (Wildman–Crippen LogP) is 4.52. The molecule has 0 spiro atoms. The van der Waals surface area contributed by atoms with Crippen LogP contribution in [0.4, 0.5) is 13.2 Å². The van der Waals surface area contributed by atoms with E-state index in [1.54, 1.807) is 24.3 Å². The monoisotopic (exact) mass is 420 g/mol. The van der Waals surface area contributed by atoms with Crippen LogP contribution in [0.3, 0.4) is 0 Å². The van der Waals surface area contributed by atoms with Gasteiger partial charge in [-0.25, -0.2) is 0 Å². The average molecular weight is 420 g/mol. The number of halogens is 3. The summed E-state index contributed by atoms with van der Waals surface area (Å²) >= 11 is 0. The third-order valence-electron chi connectivity index (χ3n) is 6.09. The number of carbonyl (C=O) groups excluding carboxylic acids is 1. The Labute approximate surface area is 174 Å². The molecule has 8 heteroatoms.